The Morgan fingerprint density at radius 1 is 0.492 bits per heavy atom. The standard InChI is InChI=1S/C54H36N4O.C2H6/c1-33-30-44(40-26-28-47-46(32-40)49-41-18-10-8-14-36(41)25-29-48(49)59-47)51-45(31-33)43-27-24-37-15-9-11-19-42(37)50(43)58(51)54-56-52(38-16-6-3-7-17-38)55-53(57-54)39-22-20-35(21-23-39)34-12-4-2-5-13-34;1-2/h2-30,32-33H,31H2,1H3;1-2H3. The second-order valence-electron chi connectivity index (χ2n) is 15.7. The molecule has 1 aliphatic rings. The van der Waals surface area contributed by atoms with Crippen LogP contribution in [0.2, 0.25) is 0 Å². The van der Waals surface area contributed by atoms with Gasteiger partial charge in [-0.15, -0.1) is 0 Å². The molecule has 5 heteroatoms. The fraction of sp³-hybridized carbons (Fsp3) is 0.0893. The Morgan fingerprint density at radius 3 is 1.79 bits per heavy atom. The van der Waals surface area contributed by atoms with E-state index in [0.717, 1.165) is 72.8 Å². The van der Waals surface area contributed by atoms with Gasteiger partial charge in [-0.05, 0) is 69.0 Å². The first-order chi connectivity index (χ1) is 30.1. The number of rotatable bonds is 5. The van der Waals surface area contributed by atoms with Crippen molar-refractivity contribution in [3.8, 4) is 39.9 Å². The van der Waals surface area contributed by atoms with E-state index in [1.165, 1.54) is 32.7 Å². The van der Waals surface area contributed by atoms with Crippen molar-refractivity contribution in [2.45, 2.75) is 27.2 Å². The summed E-state index contributed by atoms with van der Waals surface area (Å²) >= 11 is 0. The van der Waals surface area contributed by atoms with E-state index in [9.17, 15) is 0 Å². The Balaban J connectivity index is 0.00000207. The number of allylic oxidation sites excluding steroid dienone is 1. The quantitative estimate of drug-likeness (QED) is 0.174. The zero-order valence-electron chi connectivity index (χ0n) is 34.3. The summed E-state index contributed by atoms with van der Waals surface area (Å²) in [5.74, 6) is 2.14. The van der Waals surface area contributed by atoms with E-state index in [-0.39, 0.29) is 0 Å². The zero-order chi connectivity index (χ0) is 41.0. The third-order valence-corrected chi connectivity index (χ3v) is 12.0. The fourth-order valence-electron chi connectivity index (χ4n) is 9.25. The Labute approximate surface area is 354 Å². The van der Waals surface area contributed by atoms with Crippen LogP contribution in [0.1, 0.15) is 37.6 Å². The molecule has 1 atom stereocenters. The van der Waals surface area contributed by atoms with Crippen LogP contribution in [0.15, 0.2) is 186 Å². The third kappa shape index (κ3) is 6.12. The van der Waals surface area contributed by atoms with Crippen LogP contribution in [0, 0.1) is 5.92 Å². The van der Waals surface area contributed by atoms with Gasteiger partial charge in [0.1, 0.15) is 11.2 Å². The Bertz CT molecular complexity index is 3470. The van der Waals surface area contributed by atoms with E-state index >= 15 is 0 Å². The van der Waals surface area contributed by atoms with Crippen LogP contribution in [0.4, 0.5) is 0 Å². The lowest BCUT2D eigenvalue weighted by Gasteiger charge is -2.22. The van der Waals surface area contributed by atoms with Crippen LogP contribution in [-0.2, 0) is 6.42 Å². The van der Waals surface area contributed by atoms with Crippen molar-refractivity contribution in [2.75, 3.05) is 0 Å². The summed E-state index contributed by atoms with van der Waals surface area (Å²) in [6.45, 7) is 6.32. The van der Waals surface area contributed by atoms with Gasteiger partial charge in [0.25, 0.3) is 0 Å². The number of hydrogen-bond acceptors (Lipinski definition) is 4. The van der Waals surface area contributed by atoms with E-state index in [0.29, 0.717) is 23.5 Å². The van der Waals surface area contributed by atoms with Crippen LogP contribution in [0.25, 0.3) is 99.8 Å². The second kappa shape index (κ2) is 14.9. The van der Waals surface area contributed by atoms with Gasteiger partial charge >= 0.3 is 0 Å². The molecular weight excluding hydrogens is 745 g/mol. The van der Waals surface area contributed by atoms with E-state index in [1.807, 2.05) is 38.1 Å². The van der Waals surface area contributed by atoms with E-state index in [1.54, 1.807) is 0 Å². The number of benzene rings is 8. The van der Waals surface area contributed by atoms with Gasteiger partial charge in [0, 0.05) is 38.2 Å². The van der Waals surface area contributed by atoms with Crippen LogP contribution in [-0.4, -0.2) is 19.5 Å². The summed E-state index contributed by atoms with van der Waals surface area (Å²) in [6.07, 6.45) is 3.33. The van der Waals surface area contributed by atoms with Gasteiger partial charge in [-0.25, -0.2) is 4.98 Å². The molecule has 61 heavy (non-hydrogen) atoms. The van der Waals surface area contributed by atoms with Gasteiger partial charge in [-0.1, -0.05) is 185 Å². The molecule has 11 aromatic rings. The summed E-state index contributed by atoms with van der Waals surface area (Å²) in [6, 6.07) is 61.9. The van der Waals surface area contributed by atoms with Crippen molar-refractivity contribution >= 4 is 60.0 Å². The maximum atomic E-state index is 6.47. The summed E-state index contributed by atoms with van der Waals surface area (Å²) in [4.78, 5) is 15.9. The molecule has 1 unspecified atom stereocenters. The van der Waals surface area contributed by atoms with Crippen LogP contribution >= 0.6 is 0 Å². The highest BCUT2D eigenvalue weighted by molar-refractivity contribution is 6.19. The number of furan rings is 1. The number of aromatic nitrogens is 4. The average Bonchev–Trinajstić information content (AvgIpc) is 3.88. The van der Waals surface area contributed by atoms with Crippen molar-refractivity contribution in [1.29, 1.82) is 0 Å². The summed E-state index contributed by atoms with van der Waals surface area (Å²) in [7, 11) is 0. The summed E-state index contributed by atoms with van der Waals surface area (Å²) in [5.41, 5.74) is 11.7. The minimum absolute atomic E-state index is 0.303. The maximum absolute atomic E-state index is 6.47. The molecule has 0 spiro atoms. The number of hydrogen-bond donors (Lipinski definition) is 0. The normalized spacial score (nSPS) is 13.7. The molecule has 0 N–H and O–H groups in total. The average molecular weight is 787 g/mol. The molecule has 0 aliphatic heterocycles. The van der Waals surface area contributed by atoms with Crippen LogP contribution in [0.3, 0.4) is 0 Å². The van der Waals surface area contributed by atoms with Gasteiger partial charge in [0.2, 0.25) is 5.95 Å². The topological polar surface area (TPSA) is 56.7 Å². The highest BCUT2D eigenvalue weighted by Crippen LogP contribution is 2.45. The molecule has 0 saturated carbocycles. The SMILES string of the molecule is CC.CC1C=C(c2ccc3oc4ccc5ccccc5c4c3c2)c2c(c3ccc4ccccc4c3n2-c2nc(-c3ccccc3)nc(-c3ccc(-c4ccccc4)cc3)n2)C1. The first-order valence-corrected chi connectivity index (χ1v) is 21.2. The summed E-state index contributed by atoms with van der Waals surface area (Å²) < 4.78 is 8.80. The highest BCUT2D eigenvalue weighted by Gasteiger charge is 2.30. The predicted octanol–water partition coefficient (Wildman–Crippen LogP) is 14.7. The van der Waals surface area contributed by atoms with Gasteiger partial charge < -0.3 is 4.42 Å². The number of fused-ring (bicyclic) bond motifs is 10. The molecule has 12 rings (SSSR count). The van der Waals surface area contributed by atoms with Crippen LogP contribution in [0.5, 0.6) is 0 Å². The Morgan fingerprint density at radius 2 is 1.05 bits per heavy atom. The lowest BCUT2D eigenvalue weighted by atomic mass is 9.85. The van der Waals surface area contributed by atoms with Crippen molar-refractivity contribution in [3.63, 3.8) is 0 Å². The maximum Gasteiger partial charge on any atom is 0.238 e. The lowest BCUT2D eigenvalue weighted by Crippen LogP contribution is -2.13. The first-order valence-electron chi connectivity index (χ1n) is 21.2. The Hall–Kier alpha value is -7.63. The molecule has 292 valence electrons. The molecule has 0 fully saturated rings. The first kappa shape index (κ1) is 36.4. The molecule has 0 amide bonds. The van der Waals surface area contributed by atoms with Crippen molar-refractivity contribution in [1.82, 2.24) is 19.5 Å². The molecule has 3 heterocycles. The lowest BCUT2D eigenvalue weighted by molar-refractivity contribution is 0.669. The van der Waals surface area contributed by atoms with E-state index in [4.69, 9.17) is 19.4 Å². The van der Waals surface area contributed by atoms with E-state index in [2.05, 4.69) is 169 Å². The largest absolute Gasteiger partial charge is 0.456 e. The van der Waals surface area contributed by atoms with Crippen molar-refractivity contribution in [2.24, 2.45) is 5.92 Å². The molecular formula is C56H42N4O. The second-order valence-corrected chi connectivity index (χ2v) is 15.7. The molecule has 8 aromatic carbocycles. The number of nitrogens with zero attached hydrogens (tertiary/aromatic N) is 4. The molecule has 5 nitrogen and oxygen atoms in total. The predicted molar refractivity (Wildman–Crippen MR) is 253 cm³/mol. The minimum Gasteiger partial charge on any atom is -0.456 e. The molecule has 0 saturated heterocycles. The molecule has 0 radical (unpaired) electrons. The minimum atomic E-state index is 0.303. The van der Waals surface area contributed by atoms with E-state index < -0.39 is 0 Å². The molecule has 3 aromatic heterocycles. The smallest absolute Gasteiger partial charge is 0.238 e. The van der Waals surface area contributed by atoms with Gasteiger partial charge in [0.05, 0.1) is 11.2 Å². The third-order valence-electron chi connectivity index (χ3n) is 12.0. The van der Waals surface area contributed by atoms with Gasteiger partial charge in [-0.3, -0.25) is 4.57 Å². The van der Waals surface area contributed by atoms with Gasteiger partial charge in [-0.2, -0.15) is 9.97 Å². The van der Waals surface area contributed by atoms with Crippen molar-refractivity contribution < 1.29 is 4.42 Å². The molecule has 1 aliphatic carbocycles. The summed E-state index contributed by atoms with van der Waals surface area (Å²) in [5, 5.41) is 8.18. The highest BCUT2D eigenvalue weighted by atomic mass is 16.3. The van der Waals surface area contributed by atoms with Crippen LogP contribution < -0.4 is 0 Å². The Kier molecular flexibility index (Phi) is 8.89. The zero-order valence-corrected chi connectivity index (χ0v) is 34.3. The van der Waals surface area contributed by atoms with Gasteiger partial charge in [0.15, 0.2) is 11.6 Å². The molecule has 0 bridgehead atoms. The monoisotopic (exact) mass is 786 g/mol. The van der Waals surface area contributed by atoms with Crippen molar-refractivity contribution in [3.05, 3.63) is 199 Å². The fourth-order valence-corrected chi connectivity index (χ4v) is 9.25.